The van der Waals surface area contributed by atoms with Crippen LogP contribution in [0.1, 0.15) is 34.8 Å². The number of ether oxygens (including phenoxy) is 3. The molecule has 0 fully saturated rings. The lowest BCUT2D eigenvalue weighted by Gasteiger charge is -2.18. The van der Waals surface area contributed by atoms with Gasteiger partial charge in [0.1, 0.15) is 17.3 Å². The molecule has 0 bridgehead atoms. The molecule has 0 saturated carbocycles. The predicted molar refractivity (Wildman–Crippen MR) is 120 cm³/mol. The van der Waals surface area contributed by atoms with Gasteiger partial charge in [-0.25, -0.2) is 4.79 Å². The van der Waals surface area contributed by atoms with E-state index in [4.69, 9.17) is 18.6 Å². The van der Waals surface area contributed by atoms with Crippen LogP contribution in [0.5, 0.6) is 23.0 Å². The van der Waals surface area contributed by atoms with Crippen molar-refractivity contribution >= 4 is 5.91 Å². The quantitative estimate of drug-likeness (QED) is 0.541. The Morgan fingerprint density at radius 2 is 1.88 bits per heavy atom. The highest BCUT2D eigenvalue weighted by Crippen LogP contribution is 2.38. The summed E-state index contributed by atoms with van der Waals surface area (Å²) in [5.41, 5.74) is 1.04. The largest absolute Gasteiger partial charge is 0.507 e. The normalized spacial score (nSPS) is 12.9. The van der Waals surface area contributed by atoms with E-state index in [1.165, 1.54) is 6.07 Å². The van der Waals surface area contributed by atoms with E-state index in [1.807, 2.05) is 24.3 Å². The summed E-state index contributed by atoms with van der Waals surface area (Å²) >= 11 is 0. The van der Waals surface area contributed by atoms with Crippen molar-refractivity contribution < 1.29 is 28.5 Å². The van der Waals surface area contributed by atoms with Crippen LogP contribution in [-0.2, 0) is 11.2 Å². The molecule has 4 rings (SSSR count). The maximum Gasteiger partial charge on any atom is 0.343 e. The number of nitrogens with one attached hydrogen (secondary N) is 1. The second-order valence-electron chi connectivity index (χ2n) is 7.76. The van der Waals surface area contributed by atoms with Gasteiger partial charge in [0, 0.05) is 24.9 Å². The van der Waals surface area contributed by atoms with Crippen molar-refractivity contribution in [1.82, 2.24) is 5.32 Å². The Kier molecular flexibility index (Phi) is 6.53. The van der Waals surface area contributed by atoms with Crippen molar-refractivity contribution in [2.75, 3.05) is 20.4 Å². The van der Waals surface area contributed by atoms with E-state index in [0.29, 0.717) is 30.0 Å². The predicted octanol–water partition coefficient (Wildman–Crippen LogP) is 3.27. The van der Waals surface area contributed by atoms with Crippen molar-refractivity contribution in [3.05, 3.63) is 81.4 Å². The van der Waals surface area contributed by atoms with Crippen LogP contribution in [0.4, 0.5) is 0 Å². The molecule has 2 heterocycles. The summed E-state index contributed by atoms with van der Waals surface area (Å²) in [7, 11) is 1.61. The zero-order valence-electron chi connectivity index (χ0n) is 18.4. The molecule has 0 radical (unpaired) electrons. The summed E-state index contributed by atoms with van der Waals surface area (Å²) in [6, 6.07) is 14.2. The highest BCUT2D eigenvalue weighted by Gasteiger charge is 2.27. The standard InChI is InChI=1S/C25H25NO7/c1-15-11-20(27)24(25(29)33-15)19(17-5-8-21-22(12-17)32-14-31-21)13-23(28)26-10-9-16-3-6-18(30-2)7-4-16/h3-8,11-12,19,27H,9-10,13-14H2,1-2H3,(H,26,28)/t19-/m0/s1. The topological polar surface area (TPSA) is 107 Å². The molecule has 8 nitrogen and oxygen atoms in total. The van der Waals surface area contributed by atoms with Gasteiger partial charge in [-0.2, -0.15) is 0 Å². The molecule has 33 heavy (non-hydrogen) atoms. The molecular formula is C25H25NO7. The molecule has 0 saturated heterocycles. The fourth-order valence-electron chi connectivity index (χ4n) is 3.84. The van der Waals surface area contributed by atoms with Gasteiger partial charge in [-0.1, -0.05) is 18.2 Å². The molecular weight excluding hydrogens is 426 g/mol. The minimum Gasteiger partial charge on any atom is -0.507 e. The maximum atomic E-state index is 12.8. The number of carbonyl (C=O) groups is 1. The van der Waals surface area contributed by atoms with Gasteiger partial charge < -0.3 is 29.1 Å². The number of amides is 1. The van der Waals surface area contributed by atoms with E-state index in [2.05, 4.69) is 5.32 Å². The van der Waals surface area contributed by atoms with Crippen LogP contribution in [0.2, 0.25) is 0 Å². The molecule has 2 N–H and O–H groups in total. The molecule has 8 heteroatoms. The van der Waals surface area contributed by atoms with Crippen molar-refractivity contribution in [2.45, 2.75) is 25.7 Å². The monoisotopic (exact) mass is 451 g/mol. The summed E-state index contributed by atoms with van der Waals surface area (Å²) in [5, 5.41) is 13.4. The van der Waals surface area contributed by atoms with Gasteiger partial charge in [-0.3, -0.25) is 4.79 Å². The first-order valence-electron chi connectivity index (χ1n) is 10.6. The van der Waals surface area contributed by atoms with Gasteiger partial charge >= 0.3 is 5.63 Å². The van der Waals surface area contributed by atoms with Crippen LogP contribution in [0.25, 0.3) is 0 Å². The molecule has 172 valence electrons. The number of carbonyl (C=O) groups excluding carboxylic acids is 1. The van der Waals surface area contributed by atoms with E-state index in [-0.39, 0.29) is 36.2 Å². The smallest absolute Gasteiger partial charge is 0.343 e. The second-order valence-corrected chi connectivity index (χ2v) is 7.76. The average molecular weight is 451 g/mol. The van der Waals surface area contributed by atoms with Crippen molar-refractivity contribution in [3.63, 3.8) is 0 Å². The first-order chi connectivity index (χ1) is 15.9. The number of aromatic hydroxyl groups is 1. The zero-order valence-corrected chi connectivity index (χ0v) is 18.4. The van der Waals surface area contributed by atoms with Crippen LogP contribution in [0.3, 0.4) is 0 Å². The fourth-order valence-corrected chi connectivity index (χ4v) is 3.84. The van der Waals surface area contributed by atoms with Gasteiger partial charge in [-0.05, 0) is 48.7 Å². The molecule has 1 amide bonds. The summed E-state index contributed by atoms with van der Waals surface area (Å²) < 4.78 is 21.2. The van der Waals surface area contributed by atoms with Crippen LogP contribution >= 0.6 is 0 Å². The van der Waals surface area contributed by atoms with E-state index in [0.717, 1.165) is 11.3 Å². The van der Waals surface area contributed by atoms with Gasteiger partial charge in [0.2, 0.25) is 12.7 Å². The molecule has 2 aromatic carbocycles. The van der Waals surface area contributed by atoms with E-state index in [9.17, 15) is 14.7 Å². The summed E-state index contributed by atoms with van der Waals surface area (Å²) in [6.45, 7) is 2.10. The molecule has 1 aliphatic rings. The van der Waals surface area contributed by atoms with Crippen molar-refractivity contribution in [3.8, 4) is 23.0 Å². The number of fused-ring (bicyclic) bond motifs is 1. The van der Waals surface area contributed by atoms with Crippen molar-refractivity contribution in [1.29, 1.82) is 0 Å². The van der Waals surface area contributed by atoms with Crippen LogP contribution in [-0.4, -0.2) is 31.5 Å². The van der Waals surface area contributed by atoms with Gasteiger partial charge in [0.05, 0.1) is 12.7 Å². The van der Waals surface area contributed by atoms with E-state index >= 15 is 0 Å². The summed E-state index contributed by atoms with van der Waals surface area (Å²) in [6.07, 6.45) is 0.589. The average Bonchev–Trinajstić information content (AvgIpc) is 3.26. The number of rotatable bonds is 8. The van der Waals surface area contributed by atoms with Crippen LogP contribution in [0.15, 0.2) is 57.7 Å². The Bertz CT molecular complexity index is 1200. The third kappa shape index (κ3) is 5.11. The van der Waals surface area contributed by atoms with Gasteiger partial charge in [0.25, 0.3) is 0 Å². The molecule has 0 aliphatic carbocycles. The second kappa shape index (κ2) is 9.68. The van der Waals surface area contributed by atoms with Crippen LogP contribution in [0, 0.1) is 6.92 Å². The molecule has 3 aromatic rings. The molecule has 0 unspecified atom stereocenters. The number of benzene rings is 2. The van der Waals surface area contributed by atoms with Gasteiger partial charge in [-0.15, -0.1) is 0 Å². The maximum absolute atomic E-state index is 12.8. The lowest BCUT2D eigenvalue weighted by atomic mass is 9.88. The van der Waals surface area contributed by atoms with E-state index in [1.54, 1.807) is 32.2 Å². The Morgan fingerprint density at radius 1 is 1.12 bits per heavy atom. The highest BCUT2D eigenvalue weighted by molar-refractivity contribution is 5.77. The zero-order chi connectivity index (χ0) is 23.4. The summed E-state index contributed by atoms with van der Waals surface area (Å²) in [5.74, 6) is 0.969. The third-order valence-electron chi connectivity index (χ3n) is 5.52. The number of hydrogen-bond acceptors (Lipinski definition) is 7. The Balaban J connectivity index is 1.52. The van der Waals surface area contributed by atoms with Gasteiger partial charge in [0.15, 0.2) is 11.5 Å². The third-order valence-corrected chi connectivity index (χ3v) is 5.52. The lowest BCUT2D eigenvalue weighted by molar-refractivity contribution is -0.121. The number of hydrogen-bond donors (Lipinski definition) is 2. The SMILES string of the molecule is COc1ccc(CCNC(=O)C[C@@H](c2ccc3c(c2)OCO3)c2c(O)cc(C)oc2=O)cc1. The first-order valence-corrected chi connectivity index (χ1v) is 10.6. The molecule has 1 aliphatic heterocycles. The Morgan fingerprint density at radius 3 is 2.61 bits per heavy atom. The molecule has 1 atom stereocenters. The fraction of sp³-hybridized carbons (Fsp3) is 0.280. The van der Waals surface area contributed by atoms with E-state index < -0.39 is 11.5 Å². The molecule has 1 aromatic heterocycles. The minimum atomic E-state index is -0.725. The number of methoxy groups -OCH3 is 1. The lowest BCUT2D eigenvalue weighted by Crippen LogP contribution is -2.28. The summed E-state index contributed by atoms with van der Waals surface area (Å²) in [4.78, 5) is 25.4. The molecule has 0 spiro atoms. The Hall–Kier alpha value is -3.94. The van der Waals surface area contributed by atoms with Crippen molar-refractivity contribution in [2.24, 2.45) is 0 Å². The number of aryl methyl sites for hydroxylation is 1. The first kappa shape index (κ1) is 22.3. The minimum absolute atomic E-state index is 0.0322. The Labute approximate surface area is 190 Å². The highest BCUT2D eigenvalue weighted by atomic mass is 16.7. The van der Waals surface area contributed by atoms with Crippen LogP contribution < -0.4 is 25.2 Å².